The van der Waals surface area contributed by atoms with Crippen LogP contribution in [0, 0.1) is 0 Å². The van der Waals surface area contributed by atoms with E-state index in [9.17, 15) is 13.5 Å². The predicted octanol–water partition coefficient (Wildman–Crippen LogP) is 1.43. The predicted molar refractivity (Wildman–Crippen MR) is 62.7 cm³/mol. The van der Waals surface area contributed by atoms with Crippen LogP contribution < -0.4 is 4.74 Å². The van der Waals surface area contributed by atoms with E-state index in [2.05, 4.69) is 0 Å². The van der Waals surface area contributed by atoms with Crippen molar-refractivity contribution in [2.24, 2.45) is 0 Å². The Balaban J connectivity index is 2.96. The molecule has 0 radical (unpaired) electrons. The fourth-order valence-corrected chi connectivity index (χ4v) is 2.33. The summed E-state index contributed by atoms with van der Waals surface area (Å²) in [5.74, 6) is 0.208. The maximum Gasteiger partial charge on any atom is 0.150 e. The molecule has 0 aliphatic heterocycles. The standard InChI is InChI=1S/C10H13ClO4S/c1-15-7-3-4-8(9(11)5-7)10(12)6-16(2,13)14/h3-5,10,12H,6H2,1-2H3. The van der Waals surface area contributed by atoms with Crippen molar-refractivity contribution in [3.05, 3.63) is 28.8 Å². The van der Waals surface area contributed by atoms with Gasteiger partial charge in [-0.05, 0) is 12.1 Å². The molecule has 1 N–H and O–H groups in total. The van der Waals surface area contributed by atoms with E-state index in [0.717, 1.165) is 6.26 Å². The molecule has 6 heteroatoms. The van der Waals surface area contributed by atoms with Crippen LogP contribution in [0.15, 0.2) is 18.2 Å². The number of benzene rings is 1. The van der Waals surface area contributed by atoms with Crippen molar-refractivity contribution in [2.45, 2.75) is 6.10 Å². The third kappa shape index (κ3) is 3.66. The summed E-state index contributed by atoms with van der Waals surface area (Å²) in [6.07, 6.45) is -0.0541. The number of ether oxygens (including phenoxy) is 1. The highest BCUT2D eigenvalue weighted by Gasteiger charge is 2.17. The van der Waals surface area contributed by atoms with E-state index < -0.39 is 15.9 Å². The Morgan fingerprint density at radius 2 is 2.12 bits per heavy atom. The zero-order valence-corrected chi connectivity index (χ0v) is 10.5. The molecule has 0 aromatic heterocycles. The molecule has 1 unspecified atom stereocenters. The number of sulfone groups is 1. The van der Waals surface area contributed by atoms with Crippen molar-refractivity contribution in [3.63, 3.8) is 0 Å². The average Bonchev–Trinajstić information content (AvgIpc) is 2.14. The van der Waals surface area contributed by atoms with E-state index in [1.807, 2.05) is 0 Å². The molecule has 16 heavy (non-hydrogen) atoms. The van der Waals surface area contributed by atoms with Gasteiger partial charge in [-0.1, -0.05) is 17.7 Å². The van der Waals surface area contributed by atoms with Crippen molar-refractivity contribution in [3.8, 4) is 5.75 Å². The minimum Gasteiger partial charge on any atom is -0.497 e. The van der Waals surface area contributed by atoms with Crippen LogP contribution in [0.2, 0.25) is 5.02 Å². The SMILES string of the molecule is COc1ccc(C(O)CS(C)(=O)=O)c(Cl)c1. The summed E-state index contributed by atoms with van der Waals surface area (Å²) in [5, 5.41) is 9.98. The molecule has 0 saturated heterocycles. The van der Waals surface area contributed by atoms with E-state index in [1.165, 1.54) is 13.2 Å². The summed E-state index contributed by atoms with van der Waals surface area (Å²) in [4.78, 5) is 0. The van der Waals surface area contributed by atoms with Crippen molar-refractivity contribution >= 4 is 21.4 Å². The first kappa shape index (κ1) is 13.3. The maximum atomic E-state index is 11.0. The van der Waals surface area contributed by atoms with Gasteiger partial charge in [-0.3, -0.25) is 0 Å². The molecule has 0 aliphatic rings. The Morgan fingerprint density at radius 3 is 2.56 bits per heavy atom. The zero-order valence-electron chi connectivity index (χ0n) is 8.97. The minimum absolute atomic E-state index is 0.288. The molecule has 0 heterocycles. The van der Waals surface area contributed by atoms with E-state index in [-0.39, 0.29) is 10.8 Å². The number of halogens is 1. The molecule has 0 aliphatic carbocycles. The van der Waals surface area contributed by atoms with Gasteiger partial charge in [0.15, 0.2) is 0 Å². The minimum atomic E-state index is -3.24. The third-order valence-corrected chi connectivity index (χ3v) is 3.28. The molecule has 1 rings (SSSR count). The zero-order chi connectivity index (χ0) is 12.3. The maximum absolute atomic E-state index is 11.0. The summed E-state index contributed by atoms with van der Waals surface area (Å²) in [6, 6.07) is 4.70. The second-order valence-corrected chi connectivity index (χ2v) is 6.09. The summed E-state index contributed by atoms with van der Waals surface area (Å²) in [6.45, 7) is 0. The first-order valence-corrected chi connectivity index (χ1v) is 6.96. The Bertz CT molecular complexity index is 470. The van der Waals surface area contributed by atoms with Gasteiger partial charge in [-0.2, -0.15) is 0 Å². The number of aliphatic hydroxyl groups is 1. The van der Waals surface area contributed by atoms with Gasteiger partial charge in [0.1, 0.15) is 15.6 Å². The Kier molecular flexibility index (Phi) is 4.18. The molecule has 0 bridgehead atoms. The molecule has 1 aromatic carbocycles. The molecule has 0 fully saturated rings. The normalized spacial score (nSPS) is 13.5. The van der Waals surface area contributed by atoms with Gasteiger partial charge in [0.05, 0.1) is 24.0 Å². The molecular formula is C10H13ClO4S. The van der Waals surface area contributed by atoms with Crippen LogP contribution in [0.4, 0.5) is 0 Å². The monoisotopic (exact) mass is 264 g/mol. The average molecular weight is 265 g/mol. The molecule has 90 valence electrons. The van der Waals surface area contributed by atoms with Gasteiger partial charge in [-0.25, -0.2) is 8.42 Å². The molecule has 0 amide bonds. The number of hydrogen-bond donors (Lipinski definition) is 1. The second-order valence-electron chi connectivity index (χ2n) is 3.50. The van der Waals surface area contributed by atoms with Gasteiger partial charge < -0.3 is 9.84 Å². The Labute approximate surface area is 99.7 Å². The number of hydrogen-bond acceptors (Lipinski definition) is 4. The van der Waals surface area contributed by atoms with E-state index in [0.29, 0.717) is 11.3 Å². The molecule has 0 saturated carbocycles. The lowest BCUT2D eigenvalue weighted by molar-refractivity contribution is 0.202. The fraction of sp³-hybridized carbons (Fsp3) is 0.400. The van der Waals surface area contributed by atoms with Crippen molar-refractivity contribution < 1.29 is 18.3 Å². The highest BCUT2D eigenvalue weighted by molar-refractivity contribution is 7.90. The highest BCUT2D eigenvalue weighted by atomic mass is 35.5. The molecule has 0 spiro atoms. The van der Waals surface area contributed by atoms with Crippen molar-refractivity contribution in [1.82, 2.24) is 0 Å². The summed E-state index contributed by atoms with van der Waals surface area (Å²) in [7, 11) is -1.75. The number of aliphatic hydroxyl groups excluding tert-OH is 1. The summed E-state index contributed by atoms with van der Waals surface area (Å²) < 4.78 is 27.0. The van der Waals surface area contributed by atoms with Crippen molar-refractivity contribution in [2.75, 3.05) is 19.1 Å². The largest absolute Gasteiger partial charge is 0.497 e. The lowest BCUT2D eigenvalue weighted by Gasteiger charge is -2.12. The number of methoxy groups -OCH3 is 1. The van der Waals surface area contributed by atoms with Crippen LogP contribution in [-0.4, -0.2) is 32.6 Å². The fourth-order valence-electron chi connectivity index (χ4n) is 1.28. The molecule has 1 aromatic rings. The number of rotatable bonds is 4. The van der Waals surface area contributed by atoms with Crippen LogP contribution in [0.1, 0.15) is 11.7 Å². The quantitative estimate of drug-likeness (QED) is 0.894. The van der Waals surface area contributed by atoms with Crippen LogP contribution in [-0.2, 0) is 9.84 Å². The van der Waals surface area contributed by atoms with Crippen molar-refractivity contribution in [1.29, 1.82) is 0 Å². The molecule has 1 atom stereocenters. The Morgan fingerprint density at radius 1 is 1.50 bits per heavy atom. The van der Waals surface area contributed by atoms with Gasteiger partial charge in [0.25, 0.3) is 0 Å². The molecule has 4 nitrogen and oxygen atoms in total. The van der Waals surface area contributed by atoms with Crippen LogP contribution >= 0.6 is 11.6 Å². The lowest BCUT2D eigenvalue weighted by atomic mass is 10.1. The smallest absolute Gasteiger partial charge is 0.150 e. The van der Waals surface area contributed by atoms with Crippen LogP contribution in [0.3, 0.4) is 0 Å². The third-order valence-electron chi connectivity index (χ3n) is 2.03. The van der Waals surface area contributed by atoms with E-state index in [4.69, 9.17) is 16.3 Å². The van der Waals surface area contributed by atoms with E-state index in [1.54, 1.807) is 12.1 Å². The first-order chi connectivity index (χ1) is 7.33. The highest BCUT2D eigenvalue weighted by Crippen LogP contribution is 2.27. The van der Waals surface area contributed by atoms with Gasteiger partial charge in [0, 0.05) is 11.8 Å². The first-order valence-electron chi connectivity index (χ1n) is 4.52. The van der Waals surface area contributed by atoms with Gasteiger partial charge in [-0.15, -0.1) is 0 Å². The van der Waals surface area contributed by atoms with Crippen LogP contribution in [0.25, 0.3) is 0 Å². The summed E-state index contributed by atoms with van der Waals surface area (Å²) >= 11 is 5.90. The summed E-state index contributed by atoms with van der Waals surface area (Å²) in [5.41, 5.74) is 0.382. The van der Waals surface area contributed by atoms with E-state index >= 15 is 0 Å². The molecular weight excluding hydrogens is 252 g/mol. The Hall–Kier alpha value is -0.780. The van der Waals surface area contributed by atoms with Gasteiger partial charge in [0.2, 0.25) is 0 Å². The topological polar surface area (TPSA) is 63.6 Å². The van der Waals surface area contributed by atoms with Crippen LogP contribution in [0.5, 0.6) is 5.75 Å². The lowest BCUT2D eigenvalue weighted by Crippen LogP contribution is -2.13. The van der Waals surface area contributed by atoms with Gasteiger partial charge >= 0.3 is 0 Å². The second kappa shape index (κ2) is 5.03.